The lowest BCUT2D eigenvalue weighted by Crippen LogP contribution is -2.38. The van der Waals surface area contributed by atoms with E-state index in [0.717, 1.165) is 35.3 Å². The molecule has 1 fully saturated rings. The minimum Gasteiger partial charge on any atom is -0.496 e. The van der Waals surface area contributed by atoms with Crippen LogP contribution in [0.25, 0.3) is 0 Å². The van der Waals surface area contributed by atoms with Crippen molar-refractivity contribution < 1.29 is 4.74 Å². The van der Waals surface area contributed by atoms with Crippen molar-refractivity contribution in [2.75, 3.05) is 20.2 Å². The Morgan fingerprint density at radius 3 is 2.39 bits per heavy atom. The van der Waals surface area contributed by atoms with E-state index >= 15 is 0 Å². The van der Waals surface area contributed by atoms with Gasteiger partial charge in [-0.3, -0.25) is 0 Å². The monoisotopic (exact) mass is 325 g/mol. The summed E-state index contributed by atoms with van der Waals surface area (Å²) in [7, 11) is 1.70. The third-order valence-corrected chi connectivity index (χ3v) is 5.08. The number of rotatable bonds is 4. The molecule has 0 spiro atoms. The zero-order valence-corrected chi connectivity index (χ0v) is 14.4. The number of methoxy groups -OCH3 is 1. The van der Waals surface area contributed by atoms with E-state index in [2.05, 4.69) is 41.3 Å². The Labute approximate surface area is 144 Å². The highest BCUT2D eigenvalue weighted by Gasteiger charge is 2.23. The molecule has 0 aliphatic carbocycles. The number of ether oxygens (including phenoxy) is 1. The van der Waals surface area contributed by atoms with Crippen molar-refractivity contribution in [3.05, 3.63) is 65.7 Å². The van der Waals surface area contributed by atoms with Gasteiger partial charge in [0.1, 0.15) is 10.7 Å². The molecular weight excluding hydrogens is 302 g/mol. The molecule has 1 aliphatic heterocycles. The second-order valence-electron chi connectivity index (χ2n) is 6.13. The first-order valence-electron chi connectivity index (χ1n) is 8.24. The van der Waals surface area contributed by atoms with Crippen LogP contribution in [0.15, 0.2) is 54.6 Å². The normalized spacial score (nSPS) is 15.4. The van der Waals surface area contributed by atoms with Gasteiger partial charge in [-0.05, 0) is 42.9 Å². The first-order chi connectivity index (χ1) is 11.3. The van der Waals surface area contributed by atoms with E-state index in [9.17, 15) is 0 Å². The number of para-hydroxylation sites is 1. The van der Waals surface area contributed by atoms with Crippen molar-refractivity contribution in [3.8, 4) is 5.75 Å². The Balaban J connectivity index is 1.59. The minimum atomic E-state index is 0.758. The molecule has 0 N–H and O–H groups in total. The number of likely N-dealkylation sites (tertiary alicyclic amines) is 1. The molecule has 0 radical (unpaired) electrons. The first kappa shape index (κ1) is 16.0. The van der Waals surface area contributed by atoms with Gasteiger partial charge in [-0.25, -0.2) is 0 Å². The average Bonchev–Trinajstić information content (AvgIpc) is 2.62. The highest BCUT2D eigenvalue weighted by Crippen LogP contribution is 2.26. The highest BCUT2D eigenvalue weighted by atomic mass is 32.1. The van der Waals surface area contributed by atoms with E-state index in [1.165, 1.54) is 24.8 Å². The quantitative estimate of drug-likeness (QED) is 0.777. The SMILES string of the molecule is COc1ccccc1C(=S)N1CCC(Cc2ccccc2)CC1. The molecule has 1 aliphatic rings. The average molecular weight is 325 g/mol. The highest BCUT2D eigenvalue weighted by molar-refractivity contribution is 7.80. The molecule has 0 unspecified atom stereocenters. The molecule has 0 aromatic heterocycles. The van der Waals surface area contributed by atoms with Gasteiger partial charge in [-0.1, -0.05) is 54.7 Å². The van der Waals surface area contributed by atoms with Crippen molar-refractivity contribution >= 4 is 17.2 Å². The first-order valence-corrected chi connectivity index (χ1v) is 8.65. The number of benzene rings is 2. The van der Waals surface area contributed by atoms with Crippen molar-refractivity contribution in [2.45, 2.75) is 19.3 Å². The van der Waals surface area contributed by atoms with Crippen molar-refractivity contribution in [3.63, 3.8) is 0 Å². The third-order valence-electron chi connectivity index (χ3n) is 4.61. The van der Waals surface area contributed by atoms with Crippen LogP contribution in [-0.4, -0.2) is 30.1 Å². The molecular formula is C20H23NOS. The van der Waals surface area contributed by atoms with Gasteiger partial charge in [0.2, 0.25) is 0 Å². The summed E-state index contributed by atoms with van der Waals surface area (Å²) in [5, 5.41) is 0. The summed E-state index contributed by atoms with van der Waals surface area (Å²) in [6.45, 7) is 2.07. The van der Waals surface area contributed by atoms with E-state index in [0.29, 0.717) is 0 Å². The van der Waals surface area contributed by atoms with Crippen LogP contribution in [0.3, 0.4) is 0 Å². The van der Waals surface area contributed by atoms with Gasteiger partial charge in [0.05, 0.1) is 12.7 Å². The molecule has 1 heterocycles. The fraction of sp³-hybridized carbons (Fsp3) is 0.350. The molecule has 2 nitrogen and oxygen atoms in total. The maximum absolute atomic E-state index is 5.71. The van der Waals surface area contributed by atoms with Gasteiger partial charge in [0.15, 0.2) is 0 Å². The summed E-state index contributed by atoms with van der Waals surface area (Å²) in [5.74, 6) is 1.62. The van der Waals surface area contributed by atoms with Crippen LogP contribution < -0.4 is 4.74 Å². The number of thiocarbonyl (C=S) groups is 1. The predicted octanol–water partition coefficient (Wildman–Crippen LogP) is 4.33. The van der Waals surface area contributed by atoms with Crippen LogP contribution in [0.4, 0.5) is 0 Å². The molecule has 0 bridgehead atoms. The van der Waals surface area contributed by atoms with Gasteiger partial charge in [-0.15, -0.1) is 0 Å². The topological polar surface area (TPSA) is 12.5 Å². The van der Waals surface area contributed by atoms with Crippen molar-refractivity contribution in [2.24, 2.45) is 5.92 Å². The van der Waals surface area contributed by atoms with Gasteiger partial charge in [0, 0.05) is 13.1 Å². The third kappa shape index (κ3) is 3.91. The largest absolute Gasteiger partial charge is 0.496 e. The van der Waals surface area contributed by atoms with Gasteiger partial charge in [-0.2, -0.15) is 0 Å². The predicted molar refractivity (Wildman–Crippen MR) is 99.1 cm³/mol. The number of piperidine rings is 1. The number of nitrogens with zero attached hydrogens (tertiary/aromatic N) is 1. The molecule has 1 saturated heterocycles. The summed E-state index contributed by atoms with van der Waals surface area (Å²) < 4.78 is 5.44. The Hall–Kier alpha value is -1.87. The Morgan fingerprint density at radius 1 is 1.04 bits per heavy atom. The lowest BCUT2D eigenvalue weighted by atomic mass is 9.90. The molecule has 2 aromatic carbocycles. The zero-order valence-electron chi connectivity index (χ0n) is 13.6. The molecule has 23 heavy (non-hydrogen) atoms. The van der Waals surface area contributed by atoms with E-state index in [4.69, 9.17) is 17.0 Å². The number of hydrogen-bond acceptors (Lipinski definition) is 2. The summed E-state index contributed by atoms with van der Waals surface area (Å²) in [6.07, 6.45) is 3.57. The van der Waals surface area contributed by atoms with Crippen LogP contribution in [0, 0.1) is 5.92 Å². The lowest BCUT2D eigenvalue weighted by Gasteiger charge is -2.34. The van der Waals surface area contributed by atoms with E-state index in [1.807, 2.05) is 18.2 Å². The molecule has 120 valence electrons. The Kier molecular flexibility index (Phi) is 5.29. The summed E-state index contributed by atoms with van der Waals surface area (Å²) in [6, 6.07) is 18.8. The van der Waals surface area contributed by atoms with E-state index in [1.54, 1.807) is 7.11 Å². The van der Waals surface area contributed by atoms with E-state index in [-0.39, 0.29) is 0 Å². The van der Waals surface area contributed by atoms with Crippen LogP contribution in [0.1, 0.15) is 24.0 Å². The minimum absolute atomic E-state index is 0.758. The maximum atomic E-state index is 5.71. The Morgan fingerprint density at radius 2 is 1.70 bits per heavy atom. The second kappa shape index (κ2) is 7.60. The zero-order chi connectivity index (χ0) is 16.1. The van der Waals surface area contributed by atoms with Crippen LogP contribution in [0.2, 0.25) is 0 Å². The molecule has 3 heteroatoms. The standard InChI is InChI=1S/C20H23NOS/c1-22-19-10-6-5-9-18(19)20(23)21-13-11-17(12-14-21)15-16-7-3-2-4-8-16/h2-10,17H,11-15H2,1H3. The van der Waals surface area contributed by atoms with Crippen LogP contribution in [0.5, 0.6) is 5.75 Å². The Bertz CT molecular complexity index is 648. The van der Waals surface area contributed by atoms with E-state index < -0.39 is 0 Å². The molecule has 0 amide bonds. The molecule has 0 saturated carbocycles. The molecule has 0 atom stereocenters. The summed E-state index contributed by atoms with van der Waals surface area (Å²) in [5.41, 5.74) is 2.48. The fourth-order valence-electron chi connectivity index (χ4n) is 3.28. The maximum Gasteiger partial charge on any atom is 0.129 e. The summed E-state index contributed by atoms with van der Waals surface area (Å²) >= 11 is 5.71. The lowest BCUT2D eigenvalue weighted by molar-refractivity contribution is 0.268. The van der Waals surface area contributed by atoms with Gasteiger partial charge in [0.25, 0.3) is 0 Å². The van der Waals surface area contributed by atoms with Crippen LogP contribution in [-0.2, 0) is 6.42 Å². The smallest absolute Gasteiger partial charge is 0.129 e. The summed E-state index contributed by atoms with van der Waals surface area (Å²) in [4.78, 5) is 3.25. The van der Waals surface area contributed by atoms with Crippen molar-refractivity contribution in [1.29, 1.82) is 0 Å². The fourth-order valence-corrected chi connectivity index (χ4v) is 3.63. The second-order valence-corrected chi connectivity index (χ2v) is 6.51. The molecule has 3 rings (SSSR count). The number of hydrogen-bond donors (Lipinski definition) is 0. The van der Waals surface area contributed by atoms with Crippen molar-refractivity contribution in [1.82, 2.24) is 4.90 Å². The van der Waals surface area contributed by atoms with Crippen LogP contribution >= 0.6 is 12.2 Å². The van der Waals surface area contributed by atoms with Gasteiger partial charge < -0.3 is 9.64 Å². The van der Waals surface area contributed by atoms with Gasteiger partial charge >= 0.3 is 0 Å². The molecule has 2 aromatic rings.